The Kier molecular flexibility index (Phi) is 7.45. The Labute approximate surface area is 190 Å². The van der Waals surface area contributed by atoms with Gasteiger partial charge < -0.3 is 4.74 Å². The Morgan fingerprint density at radius 1 is 1.29 bits per heavy atom. The van der Waals surface area contributed by atoms with Crippen molar-refractivity contribution in [3.8, 4) is 5.75 Å². The van der Waals surface area contributed by atoms with Crippen molar-refractivity contribution < 1.29 is 9.53 Å². The quantitative estimate of drug-likeness (QED) is 0.373. The van der Waals surface area contributed by atoms with Crippen LogP contribution in [-0.2, 0) is 16.8 Å². The molecule has 0 aliphatic rings. The summed E-state index contributed by atoms with van der Waals surface area (Å²) in [4.78, 5) is 12.1. The number of hydrogen-bond acceptors (Lipinski definition) is 8. The summed E-state index contributed by atoms with van der Waals surface area (Å²) >= 11 is 2.57. The van der Waals surface area contributed by atoms with E-state index in [-0.39, 0.29) is 23.2 Å². The molecule has 2 heterocycles. The molecule has 0 saturated heterocycles. The molecular weight excluding hydrogens is 432 g/mol. The average molecular weight is 459 g/mol. The van der Waals surface area contributed by atoms with Gasteiger partial charge in [0.15, 0.2) is 17.1 Å². The number of rotatable bonds is 9. The first-order valence-electron chi connectivity index (χ1n) is 9.78. The molecule has 0 spiro atoms. The fourth-order valence-corrected chi connectivity index (χ4v) is 4.03. The number of benzene rings is 1. The second kappa shape index (κ2) is 10.1. The molecule has 1 amide bonds. The Morgan fingerprint density at radius 2 is 2.03 bits per heavy atom. The Bertz CT molecular complexity index is 1010. The highest BCUT2D eigenvalue weighted by Crippen LogP contribution is 2.28. The van der Waals surface area contributed by atoms with Crippen molar-refractivity contribution in [2.45, 2.75) is 50.9 Å². The van der Waals surface area contributed by atoms with Crippen LogP contribution in [0.25, 0.3) is 0 Å². The predicted molar refractivity (Wildman–Crippen MR) is 124 cm³/mol. The zero-order valence-electron chi connectivity index (χ0n) is 18.0. The van der Waals surface area contributed by atoms with Gasteiger partial charge in [0.1, 0.15) is 11.3 Å². The van der Waals surface area contributed by atoms with Gasteiger partial charge in [0.25, 0.3) is 0 Å². The SMILES string of the molecule is C=CCn1c(SCC(=O)Nc2nncs2)nnc1C(C)Oc1ccc(C(C)(C)C)cc1. The molecule has 1 atom stereocenters. The van der Waals surface area contributed by atoms with Crippen LogP contribution < -0.4 is 10.1 Å². The number of nitrogens with one attached hydrogen (secondary N) is 1. The summed E-state index contributed by atoms with van der Waals surface area (Å²) in [5.74, 6) is 1.43. The lowest BCUT2D eigenvalue weighted by atomic mass is 9.87. The highest BCUT2D eigenvalue weighted by molar-refractivity contribution is 7.99. The van der Waals surface area contributed by atoms with Gasteiger partial charge in [0, 0.05) is 6.54 Å². The van der Waals surface area contributed by atoms with Crippen LogP contribution in [0.3, 0.4) is 0 Å². The number of hydrogen-bond donors (Lipinski definition) is 1. The molecule has 0 fully saturated rings. The second-order valence-corrected chi connectivity index (χ2v) is 9.63. The summed E-state index contributed by atoms with van der Waals surface area (Å²) in [6.45, 7) is 12.8. The fraction of sp³-hybridized carbons (Fsp3) is 0.381. The van der Waals surface area contributed by atoms with E-state index in [0.717, 1.165) is 5.75 Å². The lowest BCUT2D eigenvalue weighted by Crippen LogP contribution is -2.15. The Balaban J connectivity index is 1.67. The van der Waals surface area contributed by atoms with E-state index >= 15 is 0 Å². The van der Waals surface area contributed by atoms with Gasteiger partial charge in [-0.25, -0.2) is 0 Å². The van der Waals surface area contributed by atoms with E-state index in [4.69, 9.17) is 4.74 Å². The summed E-state index contributed by atoms with van der Waals surface area (Å²) in [7, 11) is 0. The van der Waals surface area contributed by atoms with Crippen molar-refractivity contribution in [1.29, 1.82) is 0 Å². The highest BCUT2D eigenvalue weighted by Gasteiger charge is 2.20. The molecular formula is C21H26N6O2S2. The lowest BCUT2D eigenvalue weighted by Gasteiger charge is -2.20. The molecule has 10 heteroatoms. The summed E-state index contributed by atoms with van der Waals surface area (Å²) in [6.07, 6.45) is 1.45. The van der Waals surface area contributed by atoms with Crippen LogP contribution in [0.15, 0.2) is 47.6 Å². The monoisotopic (exact) mass is 458 g/mol. The first kappa shape index (κ1) is 23.0. The molecule has 2 aromatic heterocycles. The standard InChI is InChI=1S/C21H26N6O2S2/c1-6-11-27-18(14(2)29-16-9-7-15(8-10-16)21(3,4)5)24-26-20(27)30-12-17(28)23-19-25-22-13-31-19/h6-10,13-14H,1,11-12H2,2-5H3,(H,23,25,28). The minimum atomic E-state index is -0.322. The number of aromatic nitrogens is 5. The first-order chi connectivity index (χ1) is 14.8. The van der Waals surface area contributed by atoms with E-state index in [9.17, 15) is 4.79 Å². The maximum Gasteiger partial charge on any atom is 0.236 e. The third-order valence-electron chi connectivity index (χ3n) is 4.39. The Hall–Kier alpha value is -2.72. The average Bonchev–Trinajstić information content (AvgIpc) is 3.36. The number of ether oxygens (including phenoxy) is 1. The number of allylic oxidation sites excluding steroid dienone is 1. The van der Waals surface area contributed by atoms with E-state index in [1.54, 1.807) is 11.6 Å². The van der Waals surface area contributed by atoms with Crippen molar-refractivity contribution in [1.82, 2.24) is 25.0 Å². The molecule has 1 N–H and O–H groups in total. The van der Waals surface area contributed by atoms with Gasteiger partial charge in [-0.2, -0.15) is 0 Å². The van der Waals surface area contributed by atoms with Crippen LogP contribution in [-0.4, -0.2) is 36.6 Å². The van der Waals surface area contributed by atoms with Crippen LogP contribution in [0, 0.1) is 0 Å². The van der Waals surface area contributed by atoms with Crippen LogP contribution in [0.1, 0.15) is 45.2 Å². The predicted octanol–water partition coefficient (Wildman–Crippen LogP) is 4.48. The van der Waals surface area contributed by atoms with Gasteiger partial charge in [-0.3, -0.25) is 14.7 Å². The van der Waals surface area contributed by atoms with Crippen LogP contribution >= 0.6 is 23.1 Å². The highest BCUT2D eigenvalue weighted by atomic mass is 32.2. The van der Waals surface area contributed by atoms with Crippen molar-refractivity contribution in [2.75, 3.05) is 11.1 Å². The van der Waals surface area contributed by atoms with Crippen molar-refractivity contribution >= 4 is 34.1 Å². The fourth-order valence-electron chi connectivity index (χ4n) is 2.81. The molecule has 3 rings (SSSR count). The number of nitrogens with zero attached hydrogens (tertiary/aromatic N) is 5. The third kappa shape index (κ3) is 6.14. The van der Waals surface area contributed by atoms with Crippen LogP contribution in [0.5, 0.6) is 5.75 Å². The van der Waals surface area contributed by atoms with E-state index in [2.05, 4.69) is 65.2 Å². The molecule has 0 aliphatic carbocycles. The first-order valence-corrected chi connectivity index (χ1v) is 11.6. The number of carbonyl (C=O) groups excluding carboxylic acids is 1. The van der Waals surface area contributed by atoms with Gasteiger partial charge in [-0.05, 0) is 30.0 Å². The number of thioether (sulfide) groups is 1. The van der Waals surface area contributed by atoms with Crippen molar-refractivity contribution in [3.05, 3.63) is 53.8 Å². The van der Waals surface area contributed by atoms with Gasteiger partial charge in [0.05, 0.1) is 5.75 Å². The summed E-state index contributed by atoms with van der Waals surface area (Å²) in [5, 5.41) is 19.9. The lowest BCUT2D eigenvalue weighted by molar-refractivity contribution is -0.113. The minimum absolute atomic E-state index is 0.0861. The number of carbonyl (C=O) groups is 1. The largest absolute Gasteiger partial charge is 0.483 e. The number of amides is 1. The third-order valence-corrected chi connectivity index (χ3v) is 5.97. The maximum absolute atomic E-state index is 12.1. The maximum atomic E-state index is 12.1. The number of anilines is 1. The minimum Gasteiger partial charge on any atom is -0.483 e. The molecule has 3 aromatic rings. The Morgan fingerprint density at radius 3 is 2.65 bits per heavy atom. The summed E-state index contributed by atoms with van der Waals surface area (Å²) in [5.41, 5.74) is 2.89. The molecule has 0 saturated carbocycles. The molecule has 164 valence electrons. The van der Waals surface area contributed by atoms with Crippen molar-refractivity contribution in [3.63, 3.8) is 0 Å². The van der Waals surface area contributed by atoms with Gasteiger partial charge in [0.2, 0.25) is 11.0 Å². The van der Waals surface area contributed by atoms with Crippen LogP contribution in [0.4, 0.5) is 5.13 Å². The van der Waals surface area contributed by atoms with E-state index < -0.39 is 0 Å². The summed E-state index contributed by atoms with van der Waals surface area (Å²) in [6, 6.07) is 8.10. The van der Waals surface area contributed by atoms with E-state index in [1.807, 2.05) is 23.6 Å². The molecule has 0 bridgehead atoms. The molecule has 31 heavy (non-hydrogen) atoms. The zero-order valence-corrected chi connectivity index (χ0v) is 19.7. The smallest absolute Gasteiger partial charge is 0.236 e. The van der Waals surface area contributed by atoms with Gasteiger partial charge in [-0.1, -0.05) is 62.1 Å². The second-order valence-electron chi connectivity index (χ2n) is 7.86. The van der Waals surface area contributed by atoms with E-state index in [0.29, 0.717) is 22.7 Å². The zero-order chi connectivity index (χ0) is 22.4. The topological polar surface area (TPSA) is 94.8 Å². The molecule has 0 radical (unpaired) electrons. The summed E-state index contributed by atoms with van der Waals surface area (Å²) < 4.78 is 8.01. The molecule has 1 aromatic carbocycles. The normalized spacial score (nSPS) is 12.4. The van der Waals surface area contributed by atoms with Gasteiger partial charge in [-0.15, -0.1) is 27.0 Å². The van der Waals surface area contributed by atoms with E-state index in [1.165, 1.54) is 28.7 Å². The molecule has 1 unspecified atom stereocenters. The molecule has 0 aliphatic heterocycles. The van der Waals surface area contributed by atoms with Crippen LogP contribution in [0.2, 0.25) is 0 Å². The molecule has 8 nitrogen and oxygen atoms in total. The van der Waals surface area contributed by atoms with Crippen molar-refractivity contribution in [2.24, 2.45) is 0 Å². The van der Waals surface area contributed by atoms with Gasteiger partial charge >= 0.3 is 0 Å².